The maximum Gasteiger partial charge on any atom is 0.419 e. The average molecular weight is 411 g/mol. The van der Waals surface area contributed by atoms with Crippen LogP contribution < -0.4 is 11.1 Å². The minimum absolute atomic E-state index is 0.290. The predicted octanol–water partition coefficient (Wildman–Crippen LogP) is 4.76. The molecule has 0 aromatic heterocycles. The summed E-state index contributed by atoms with van der Waals surface area (Å²) in [5.74, 6) is -1.39. The van der Waals surface area contributed by atoms with Crippen molar-refractivity contribution in [3.05, 3.63) is 65.0 Å². The second kappa shape index (κ2) is 7.46. The molecule has 2 aromatic rings. The summed E-state index contributed by atoms with van der Waals surface area (Å²) in [4.78, 5) is 16.9. The Morgan fingerprint density at radius 3 is 2.68 bits per heavy atom. The van der Waals surface area contributed by atoms with E-state index in [-0.39, 0.29) is 5.56 Å². The van der Waals surface area contributed by atoms with Crippen LogP contribution in [0.15, 0.2) is 47.5 Å². The fourth-order valence-corrected chi connectivity index (χ4v) is 3.89. The Morgan fingerprint density at radius 1 is 1.25 bits per heavy atom. The molecule has 0 aliphatic carbocycles. The molecule has 0 spiro atoms. The van der Waals surface area contributed by atoms with Gasteiger partial charge in [0.2, 0.25) is 0 Å². The van der Waals surface area contributed by atoms with E-state index in [1.807, 2.05) is 13.0 Å². The molecule has 0 radical (unpaired) electrons. The fraction of sp³-hybridized carbons (Fsp3) is 0.263. The number of alkyl halides is 3. The van der Waals surface area contributed by atoms with Crippen LogP contribution in [0.2, 0.25) is 0 Å². The first kappa shape index (κ1) is 20.2. The molecule has 1 atom stereocenters. The van der Waals surface area contributed by atoms with Gasteiger partial charge in [-0.15, -0.1) is 0 Å². The van der Waals surface area contributed by atoms with E-state index in [1.54, 1.807) is 18.2 Å². The maximum absolute atomic E-state index is 13.4. The van der Waals surface area contributed by atoms with Crippen molar-refractivity contribution in [2.75, 3.05) is 11.1 Å². The van der Waals surface area contributed by atoms with Crippen LogP contribution in [0.3, 0.4) is 0 Å². The molecule has 2 aromatic carbocycles. The normalized spacial score (nSPS) is 19.8. The molecule has 3 rings (SSSR count). The van der Waals surface area contributed by atoms with Gasteiger partial charge in [0.1, 0.15) is 5.82 Å². The van der Waals surface area contributed by atoms with Crippen molar-refractivity contribution in [1.82, 2.24) is 0 Å². The molecule has 1 amide bonds. The maximum atomic E-state index is 13.4. The molecule has 1 unspecified atom stereocenters. The van der Waals surface area contributed by atoms with Gasteiger partial charge in [-0.05, 0) is 49.2 Å². The summed E-state index contributed by atoms with van der Waals surface area (Å²) in [6.07, 6.45) is -4.13. The number of carbonyl (C=O) groups is 1. The summed E-state index contributed by atoms with van der Waals surface area (Å²) in [6, 6.07) is 9.03. The number of hydrogen-bond acceptors (Lipinski definition) is 4. The number of aliphatic imine (C=N–C) groups is 1. The van der Waals surface area contributed by atoms with Crippen molar-refractivity contribution in [1.29, 1.82) is 0 Å². The van der Waals surface area contributed by atoms with E-state index >= 15 is 0 Å². The number of halogens is 4. The van der Waals surface area contributed by atoms with Gasteiger partial charge in [-0.1, -0.05) is 23.9 Å². The number of benzene rings is 2. The van der Waals surface area contributed by atoms with Gasteiger partial charge < -0.3 is 11.1 Å². The number of carbonyl (C=O) groups excluding carboxylic acids is 1. The van der Waals surface area contributed by atoms with E-state index in [9.17, 15) is 22.4 Å². The highest BCUT2D eigenvalue weighted by molar-refractivity contribution is 8.13. The van der Waals surface area contributed by atoms with Gasteiger partial charge in [-0.25, -0.2) is 4.39 Å². The Labute approximate surface area is 163 Å². The molecule has 0 bridgehead atoms. The first-order valence-electron chi connectivity index (χ1n) is 8.35. The van der Waals surface area contributed by atoms with Crippen LogP contribution in [-0.2, 0) is 11.7 Å². The SMILES string of the molecule is CC1(c2cccc(NC(=O)c3ccc(F)c(C(F)(F)F)c3)c2)CCSC(N)=N1. The van der Waals surface area contributed by atoms with Gasteiger partial charge in [0, 0.05) is 17.0 Å². The zero-order valence-electron chi connectivity index (χ0n) is 14.8. The summed E-state index contributed by atoms with van der Waals surface area (Å²) in [7, 11) is 0. The first-order valence-corrected chi connectivity index (χ1v) is 9.34. The third kappa shape index (κ3) is 4.30. The van der Waals surface area contributed by atoms with Crippen molar-refractivity contribution < 1.29 is 22.4 Å². The van der Waals surface area contributed by atoms with E-state index in [4.69, 9.17) is 5.73 Å². The lowest BCUT2D eigenvalue weighted by Crippen LogP contribution is -2.28. The number of amides is 1. The quantitative estimate of drug-likeness (QED) is 0.716. The van der Waals surface area contributed by atoms with E-state index in [0.29, 0.717) is 23.0 Å². The van der Waals surface area contributed by atoms with Crippen molar-refractivity contribution in [2.24, 2.45) is 10.7 Å². The first-order chi connectivity index (χ1) is 13.1. The summed E-state index contributed by atoms with van der Waals surface area (Å²) >= 11 is 1.47. The Bertz CT molecular complexity index is 945. The lowest BCUT2D eigenvalue weighted by molar-refractivity contribution is -0.140. The molecule has 4 nitrogen and oxygen atoms in total. The van der Waals surface area contributed by atoms with Crippen LogP contribution in [0.25, 0.3) is 0 Å². The number of nitrogens with one attached hydrogen (secondary N) is 1. The van der Waals surface area contributed by atoms with Crippen molar-refractivity contribution in [2.45, 2.75) is 25.1 Å². The van der Waals surface area contributed by atoms with Crippen molar-refractivity contribution in [3.8, 4) is 0 Å². The molecule has 1 aliphatic rings. The number of thioether (sulfide) groups is 1. The lowest BCUT2D eigenvalue weighted by Gasteiger charge is -2.30. The number of nitrogens with zero attached hydrogens (tertiary/aromatic N) is 1. The third-order valence-electron chi connectivity index (χ3n) is 4.47. The molecule has 1 heterocycles. The van der Waals surface area contributed by atoms with E-state index in [1.165, 1.54) is 11.8 Å². The van der Waals surface area contributed by atoms with Crippen LogP contribution in [0, 0.1) is 5.82 Å². The van der Waals surface area contributed by atoms with E-state index < -0.39 is 29.0 Å². The number of amidine groups is 1. The van der Waals surface area contributed by atoms with Crippen molar-refractivity contribution >= 4 is 28.5 Å². The minimum atomic E-state index is -4.88. The summed E-state index contributed by atoms with van der Waals surface area (Å²) in [5, 5.41) is 3.03. The van der Waals surface area contributed by atoms with Crippen molar-refractivity contribution in [3.63, 3.8) is 0 Å². The van der Waals surface area contributed by atoms with Crippen LogP contribution in [-0.4, -0.2) is 16.8 Å². The Hall–Kier alpha value is -2.55. The number of hydrogen-bond donors (Lipinski definition) is 2. The Balaban J connectivity index is 1.85. The van der Waals surface area contributed by atoms with Gasteiger partial charge in [0.15, 0.2) is 5.17 Å². The molecule has 9 heteroatoms. The number of nitrogens with two attached hydrogens (primary N) is 1. The topological polar surface area (TPSA) is 67.5 Å². The van der Waals surface area contributed by atoms with Gasteiger partial charge in [0.05, 0.1) is 11.1 Å². The molecule has 1 aliphatic heterocycles. The minimum Gasteiger partial charge on any atom is -0.379 e. The van der Waals surface area contributed by atoms with Gasteiger partial charge in [0.25, 0.3) is 5.91 Å². The largest absolute Gasteiger partial charge is 0.419 e. The van der Waals surface area contributed by atoms with Gasteiger partial charge >= 0.3 is 6.18 Å². The molecule has 28 heavy (non-hydrogen) atoms. The highest BCUT2D eigenvalue weighted by Gasteiger charge is 2.35. The van der Waals surface area contributed by atoms with Crippen LogP contribution in [0.1, 0.15) is 34.8 Å². The van der Waals surface area contributed by atoms with Crippen LogP contribution >= 0.6 is 11.8 Å². The average Bonchev–Trinajstić information content (AvgIpc) is 2.61. The van der Waals surface area contributed by atoms with E-state index in [2.05, 4.69) is 10.3 Å². The van der Waals surface area contributed by atoms with Crippen LogP contribution in [0.5, 0.6) is 0 Å². The second-order valence-electron chi connectivity index (χ2n) is 6.55. The summed E-state index contributed by atoms with van der Waals surface area (Å²) in [6.45, 7) is 1.93. The molecular formula is C19H17F4N3OS. The smallest absolute Gasteiger partial charge is 0.379 e. The summed E-state index contributed by atoms with van der Waals surface area (Å²) in [5.41, 5.74) is 4.73. The highest BCUT2D eigenvalue weighted by atomic mass is 32.2. The second-order valence-corrected chi connectivity index (χ2v) is 7.66. The van der Waals surface area contributed by atoms with E-state index in [0.717, 1.165) is 23.8 Å². The van der Waals surface area contributed by atoms with Gasteiger partial charge in [-0.2, -0.15) is 13.2 Å². The van der Waals surface area contributed by atoms with Crippen LogP contribution in [0.4, 0.5) is 23.2 Å². The monoisotopic (exact) mass is 411 g/mol. The number of rotatable bonds is 3. The van der Waals surface area contributed by atoms with Gasteiger partial charge in [-0.3, -0.25) is 9.79 Å². The predicted molar refractivity (Wildman–Crippen MR) is 102 cm³/mol. The molecule has 0 saturated carbocycles. The molecular weight excluding hydrogens is 394 g/mol. The lowest BCUT2D eigenvalue weighted by atomic mass is 9.89. The molecule has 3 N–H and O–H groups in total. The fourth-order valence-electron chi connectivity index (χ4n) is 2.91. The zero-order chi connectivity index (χ0) is 20.5. The Kier molecular flexibility index (Phi) is 5.38. The molecule has 148 valence electrons. The third-order valence-corrected chi connectivity index (χ3v) is 5.27. The highest BCUT2D eigenvalue weighted by Crippen LogP contribution is 2.36. The Morgan fingerprint density at radius 2 is 2.00 bits per heavy atom. The zero-order valence-corrected chi connectivity index (χ0v) is 15.6. The molecule has 0 fully saturated rings. The summed E-state index contributed by atoms with van der Waals surface area (Å²) < 4.78 is 52.0. The standard InChI is InChI=1S/C19H17F4N3OS/c1-18(7-8-28-17(24)26-18)12-3-2-4-13(10-12)25-16(27)11-5-6-15(20)14(9-11)19(21,22)23/h2-6,9-10H,7-8H2,1H3,(H2,24,26)(H,25,27). The molecule has 0 saturated heterocycles. The number of anilines is 1.